The smallest absolute Gasteiger partial charge is 0.232 e. The molecular formula is C15H12FN3O2S. The molecule has 3 rings (SSSR count). The van der Waals surface area contributed by atoms with E-state index in [0.29, 0.717) is 22.1 Å². The second kappa shape index (κ2) is 6.07. The van der Waals surface area contributed by atoms with Gasteiger partial charge in [0.1, 0.15) is 5.82 Å². The first-order valence-electron chi connectivity index (χ1n) is 6.53. The Labute approximate surface area is 129 Å². The van der Waals surface area contributed by atoms with Crippen LogP contribution in [0.3, 0.4) is 0 Å². The van der Waals surface area contributed by atoms with Crippen LogP contribution in [-0.2, 0) is 11.2 Å². The van der Waals surface area contributed by atoms with Crippen LogP contribution in [0.25, 0.3) is 11.3 Å². The van der Waals surface area contributed by atoms with Gasteiger partial charge in [-0.25, -0.2) is 9.37 Å². The summed E-state index contributed by atoms with van der Waals surface area (Å²) in [5.41, 5.74) is 2.07. The molecule has 0 aliphatic carbocycles. The van der Waals surface area contributed by atoms with E-state index in [0.717, 1.165) is 5.69 Å². The Kier molecular flexibility index (Phi) is 3.97. The van der Waals surface area contributed by atoms with Crippen molar-refractivity contribution in [2.24, 2.45) is 0 Å². The third-order valence-electron chi connectivity index (χ3n) is 2.89. The third-order valence-corrected chi connectivity index (χ3v) is 3.77. The number of carbonyl (C=O) groups excluding carboxylic acids is 1. The van der Waals surface area contributed by atoms with E-state index in [-0.39, 0.29) is 18.1 Å². The molecule has 0 aliphatic heterocycles. The minimum Gasteiger partial charge on any atom is -0.356 e. The van der Waals surface area contributed by atoms with E-state index >= 15 is 0 Å². The molecule has 0 unspecified atom stereocenters. The van der Waals surface area contributed by atoms with E-state index in [1.54, 1.807) is 18.2 Å². The maximum absolute atomic E-state index is 12.9. The second-order valence-electron chi connectivity index (χ2n) is 4.71. The fraction of sp³-hybridized carbons (Fsp3) is 0.133. The summed E-state index contributed by atoms with van der Waals surface area (Å²) in [6.45, 7) is 1.86. The van der Waals surface area contributed by atoms with Crippen LogP contribution in [0.4, 0.5) is 9.52 Å². The Morgan fingerprint density at radius 3 is 2.82 bits per heavy atom. The van der Waals surface area contributed by atoms with E-state index in [1.165, 1.54) is 23.5 Å². The Morgan fingerprint density at radius 1 is 1.36 bits per heavy atom. The number of nitrogens with zero attached hydrogens (tertiary/aromatic N) is 2. The molecule has 22 heavy (non-hydrogen) atoms. The molecule has 5 nitrogen and oxygen atoms in total. The molecule has 0 fully saturated rings. The van der Waals surface area contributed by atoms with Gasteiger partial charge in [0.25, 0.3) is 0 Å². The first-order chi connectivity index (χ1) is 10.6. The van der Waals surface area contributed by atoms with Gasteiger partial charge in [0.15, 0.2) is 10.9 Å². The van der Waals surface area contributed by atoms with Gasteiger partial charge in [-0.3, -0.25) is 4.79 Å². The lowest BCUT2D eigenvalue weighted by Gasteiger charge is -1.97. The van der Waals surface area contributed by atoms with E-state index in [2.05, 4.69) is 15.5 Å². The summed E-state index contributed by atoms with van der Waals surface area (Å²) in [6.07, 6.45) is 0.0866. The normalized spacial score (nSPS) is 10.6. The number of carbonyl (C=O) groups is 1. The number of anilines is 1. The van der Waals surface area contributed by atoms with E-state index in [9.17, 15) is 9.18 Å². The summed E-state index contributed by atoms with van der Waals surface area (Å²) in [7, 11) is 0. The zero-order valence-electron chi connectivity index (χ0n) is 11.7. The molecular weight excluding hydrogens is 305 g/mol. The van der Waals surface area contributed by atoms with Gasteiger partial charge in [-0.05, 0) is 31.2 Å². The molecule has 0 saturated heterocycles. The highest BCUT2D eigenvalue weighted by molar-refractivity contribution is 7.13. The average molecular weight is 317 g/mol. The topological polar surface area (TPSA) is 68.0 Å². The first-order valence-corrected chi connectivity index (χ1v) is 7.41. The minimum atomic E-state index is -0.318. The SMILES string of the molecule is Cc1csc(NC(=O)Cc2cc(-c3ccc(F)cc3)on2)n1. The Morgan fingerprint density at radius 2 is 2.14 bits per heavy atom. The maximum atomic E-state index is 12.9. The number of amides is 1. The molecule has 1 N–H and O–H groups in total. The van der Waals surface area contributed by atoms with Crippen LogP contribution in [0, 0.1) is 12.7 Å². The summed E-state index contributed by atoms with van der Waals surface area (Å²) in [6, 6.07) is 7.54. The molecule has 3 aromatic rings. The standard InChI is InChI=1S/C15H12FN3O2S/c1-9-8-22-15(17-9)18-14(20)7-12-6-13(21-19-12)10-2-4-11(16)5-3-10/h2-6,8H,7H2,1H3,(H,17,18,20). The molecule has 112 valence electrons. The fourth-order valence-electron chi connectivity index (χ4n) is 1.88. The number of rotatable bonds is 4. The molecule has 7 heteroatoms. The van der Waals surface area contributed by atoms with Crippen molar-refractivity contribution < 1.29 is 13.7 Å². The largest absolute Gasteiger partial charge is 0.356 e. The van der Waals surface area contributed by atoms with Crippen molar-refractivity contribution >= 4 is 22.4 Å². The summed E-state index contributed by atoms with van der Waals surface area (Å²) < 4.78 is 18.1. The van der Waals surface area contributed by atoms with Crippen molar-refractivity contribution in [3.63, 3.8) is 0 Å². The monoisotopic (exact) mass is 317 g/mol. The minimum absolute atomic E-state index is 0.0866. The Hall–Kier alpha value is -2.54. The number of benzene rings is 1. The van der Waals surface area contributed by atoms with Crippen LogP contribution in [0.1, 0.15) is 11.4 Å². The quantitative estimate of drug-likeness (QED) is 0.800. The fourth-order valence-corrected chi connectivity index (χ4v) is 2.59. The second-order valence-corrected chi connectivity index (χ2v) is 5.57. The van der Waals surface area contributed by atoms with Crippen molar-refractivity contribution in [2.45, 2.75) is 13.3 Å². The van der Waals surface area contributed by atoms with E-state index in [1.807, 2.05) is 12.3 Å². The van der Waals surface area contributed by atoms with Crippen molar-refractivity contribution in [3.8, 4) is 11.3 Å². The first kappa shape index (κ1) is 14.4. The summed E-state index contributed by atoms with van der Waals surface area (Å²) in [4.78, 5) is 16.1. The zero-order valence-corrected chi connectivity index (χ0v) is 12.5. The van der Waals surface area contributed by atoms with Gasteiger partial charge in [0, 0.05) is 17.0 Å². The van der Waals surface area contributed by atoms with E-state index < -0.39 is 0 Å². The van der Waals surface area contributed by atoms with Crippen LogP contribution in [0.5, 0.6) is 0 Å². The molecule has 1 amide bonds. The average Bonchev–Trinajstić information content (AvgIpc) is 3.09. The van der Waals surface area contributed by atoms with Gasteiger partial charge in [-0.15, -0.1) is 11.3 Å². The number of hydrogen-bond donors (Lipinski definition) is 1. The summed E-state index contributed by atoms with van der Waals surface area (Å²) >= 11 is 1.37. The summed E-state index contributed by atoms with van der Waals surface area (Å²) in [5, 5.41) is 8.98. The predicted octanol–water partition coefficient (Wildman–Crippen LogP) is 3.43. The zero-order chi connectivity index (χ0) is 15.5. The molecule has 1 aromatic carbocycles. The Bertz CT molecular complexity index is 795. The van der Waals surface area contributed by atoms with Crippen LogP contribution in [0.2, 0.25) is 0 Å². The van der Waals surface area contributed by atoms with Crippen LogP contribution in [0.15, 0.2) is 40.2 Å². The molecule has 2 aromatic heterocycles. The van der Waals surface area contributed by atoms with Crippen LogP contribution >= 0.6 is 11.3 Å². The van der Waals surface area contributed by atoms with Crippen molar-refractivity contribution in [2.75, 3.05) is 5.32 Å². The van der Waals surface area contributed by atoms with Gasteiger partial charge in [0.05, 0.1) is 17.8 Å². The number of aryl methyl sites for hydroxylation is 1. The van der Waals surface area contributed by atoms with Crippen LogP contribution in [-0.4, -0.2) is 16.0 Å². The molecule has 2 heterocycles. The highest BCUT2D eigenvalue weighted by atomic mass is 32.1. The van der Waals surface area contributed by atoms with Gasteiger partial charge in [0.2, 0.25) is 5.91 Å². The molecule has 0 bridgehead atoms. The van der Waals surface area contributed by atoms with Gasteiger partial charge < -0.3 is 9.84 Å². The van der Waals surface area contributed by atoms with Gasteiger partial charge in [-0.1, -0.05) is 5.16 Å². The molecule has 0 saturated carbocycles. The van der Waals surface area contributed by atoms with Gasteiger partial charge in [-0.2, -0.15) is 0 Å². The highest BCUT2D eigenvalue weighted by Crippen LogP contribution is 2.21. The molecule has 0 spiro atoms. The van der Waals surface area contributed by atoms with E-state index in [4.69, 9.17) is 4.52 Å². The molecule has 0 radical (unpaired) electrons. The maximum Gasteiger partial charge on any atom is 0.232 e. The van der Waals surface area contributed by atoms with Gasteiger partial charge >= 0.3 is 0 Å². The predicted molar refractivity (Wildman–Crippen MR) is 81.1 cm³/mol. The lowest BCUT2D eigenvalue weighted by atomic mass is 10.1. The van der Waals surface area contributed by atoms with Crippen molar-refractivity contribution in [3.05, 3.63) is 52.9 Å². The molecule has 0 atom stereocenters. The van der Waals surface area contributed by atoms with Crippen molar-refractivity contribution in [1.82, 2.24) is 10.1 Å². The number of nitrogens with one attached hydrogen (secondary N) is 1. The summed E-state index contributed by atoms with van der Waals surface area (Å²) in [5.74, 6) is -0.0391. The lowest BCUT2D eigenvalue weighted by molar-refractivity contribution is -0.115. The lowest BCUT2D eigenvalue weighted by Crippen LogP contribution is -2.14. The Balaban J connectivity index is 1.66. The highest BCUT2D eigenvalue weighted by Gasteiger charge is 2.12. The van der Waals surface area contributed by atoms with Crippen LogP contribution < -0.4 is 5.32 Å². The third kappa shape index (κ3) is 3.37. The molecule has 0 aliphatic rings. The number of thiazole rings is 1. The number of aromatic nitrogens is 2. The number of hydrogen-bond acceptors (Lipinski definition) is 5. The van der Waals surface area contributed by atoms with Crippen molar-refractivity contribution in [1.29, 1.82) is 0 Å². The number of halogens is 1.